The minimum Gasteiger partial charge on any atom is -0.387 e. The zero-order valence-corrected chi connectivity index (χ0v) is 20.5. The fourth-order valence-corrected chi connectivity index (χ4v) is 7.67. The number of ketones is 1. The Hall–Kier alpha value is -1.57. The summed E-state index contributed by atoms with van der Waals surface area (Å²) in [4.78, 5) is 13.2. The highest BCUT2D eigenvalue weighted by Gasteiger charge is 2.75. The Bertz CT molecular complexity index is 1070. The first-order chi connectivity index (χ1) is 15.9. The number of allylic oxidation sites excluding steroid dienone is 1. The van der Waals surface area contributed by atoms with Crippen LogP contribution in [0.15, 0.2) is 30.4 Å². The molecule has 6 rings (SSSR count). The molecule has 1 aromatic rings. The highest BCUT2D eigenvalue weighted by Crippen LogP contribution is 2.69. The minimum atomic E-state index is -1.73. The van der Waals surface area contributed by atoms with Crippen molar-refractivity contribution in [3.05, 3.63) is 47.0 Å². The summed E-state index contributed by atoms with van der Waals surface area (Å²) in [6.45, 7) is 7.14. The van der Waals surface area contributed by atoms with Crippen molar-refractivity contribution >= 4 is 5.78 Å². The predicted molar refractivity (Wildman–Crippen MR) is 125 cm³/mol. The van der Waals surface area contributed by atoms with Gasteiger partial charge in [0.15, 0.2) is 12.1 Å². The predicted octanol–water partition coefficient (Wildman–Crippen LogP) is 3.12. The SMILES string of the molecule is C[C@@H](c1ccc2c(c1)CC[C@H]1[C@H]2C[C@@H]2O[C@@]23CC=CC(=O)[C@]13C)[C@@H]1C[C@@](C)(O)[C@](C)(O)[C@H](O)O1. The Morgan fingerprint density at radius 2 is 1.94 bits per heavy atom. The van der Waals surface area contributed by atoms with E-state index in [1.165, 1.54) is 18.1 Å². The van der Waals surface area contributed by atoms with Crippen molar-refractivity contribution in [3.63, 3.8) is 0 Å². The molecule has 2 heterocycles. The fraction of sp³-hybridized carbons (Fsp3) is 0.679. The van der Waals surface area contributed by atoms with E-state index in [-0.39, 0.29) is 35.7 Å². The smallest absolute Gasteiger partial charge is 0.186 e. The van der Waals surface area contributed by atoms with Crippen molar-refractivity contribution in [2.75, 3.05) is 0 Å². The third-order valence-corrected chi connectivity index (χ3v) is 10.4. The quantitative estimate of drug-likeness (QED) is 0.577. The highest BCUT2D eigenvalue weighted by atomic mass is 16.6. The van der Waals surface area contributed by atoms with E-state index >= 15 is 0 Å². The highest BCUT2D eigenvalue weighted by molar-refractivity contribution is 5.98. The van der Waals surface area contributed by atoms with Crippen LogP contribution in [0.1, 0.15) is 81.9 Å². The van der Waals surface area contributed by atoms with Gasteiger partial charge >= 0.3 is 0 Å². The van der Waals surface area contributed by atoms with E-state index in [0.29, 0.717) is 5.92 Å². The van der Waals surface area contributed by atoms with Crippen molar-refractivity contribution < 1.29 is 29.6 Å². The molecule has 0 amide bonds. The molecule has 2 saturated heterocycles. The summed E-state index contributed by atoms with van der Waals surface area (Å²) in [7, 11) is 0. The number of carbonyl (C=O) groups excluding carboxylic acids is 1. The summed E-state index contributed by atoms with van der Waals surface area (Å²) in [5, 5.41) is 31.6. The Labute approximate surface area is 201 Å². The fourth-order valence-electron chi connectivity index (χ4n) is 7.67. The number of aliphatic hydroxyl groups excluding tert-OH is 1. The van der Waals surface area contributed by atoms with Gasteiger partial charge in [0, 0.05) is 12.3 Å². The summed E-state index contributed by atoms with van der Waals surface area (Å²) in [6, 6.07) is 6.59. The number of epoxide rings is 1. The van der Waals surface area contributed by atoms with Gasteiger partial charge in [0.2, 0.25) is 0 Å². The molecular weight excluding hydrogens is 432 g/mol. The number of aryl methyl sites for hydroxylation is 1. The first kappa shape index (κ1) is 22.9. The van der Waals surface area contributed by atoms with Gasteiger partial charge in [0.25, 0.3) is 0 Å². The summed E-state index contributed by atoms with van der Waals surface area (Å²) in [5.74, 6) is 0.764. The van der Waals surface area contributed by atoms with Crippen LogP contribution < -0.4 is 0 Å². The largest absolute Gasteiger partial charge is 0.387 e. The molecule has 2 aliphatic heterocycles. The van der Waals surface area contributed by atoms with Crippen LogP contribution in [0.3, 0.4) is 0 Å². The maximum Gasteiger partial charge on any atom is 0.186 e. The molecule has 6 heteroatoms. The van der Waals surface area contributed by atoms with E-state index in [2.05, 4.69) is 25.1 Å². The molecule has 1 saturated carbocycles. The molecule has 34 heavy (non-hydrogen) atoms. The van der Waals surface area contributed by atoms with E-state index < -0.39 is 29.0 Å². The second-order valence-electron chi connectivity index (χ2n) is 12.1. The molecule has 0 aromatic heterocycles. The second kappa shape index (κ2) is 7.01. The van der Waals surface area contributed by atoms with Gasteiger partial charge in [0.05, 0.1) is 23.2 Å². The van der Waals surface area contributed by atoms with Gasteiger partial charge in [-0.25, -0.2) is 0 Å². The van der Waals surface area contributed by atoms with Gasteiger partial charge in [-0.1, -0.05) is 31.2 Å². The van der Waals surface area contributed by atoms with E-state index in [4.69, 9.17) is 9.47 Å². The normalized spacial score (nSPS) is 50.0. The van der Waals surface area contributed by atoms with Gasteiger partial charge in [-0.2, -0.15) is 0 Å². The summed E-state index contributed by atoms with van der Waals surface area (Å²) in [6.07, 6.45) is 6.00. The van der Waals surface area contributed by atoms with Gasteiger partial charge in [-0.15, -0.1) is 0 Å². The molecule has 0 radical (unpaired) electrons. The van der Waals surface area contributed by atoms with Crippen molar-refractivity contribution in [1.29, 1.82) is 0 Å². The maximum atomic E-state index is 13.2. The van der Waals surface area contributed by atoms with Crippen LogP contribution in [-0.2, 0) is 20.7 Å². The Morgan fingerprint density at radius 3 is 2.68 bits per heavy atom. The van der Waals surface area contributed by atoms with Gasteiger partial charge in [-0.05, 0) is 81.1 Å². The van der Waals surface area contributed by atoms with Crippen LogP contribution in [0.2, 0.25) is 0 Å². The molecule has 3 fully saturated rings. The Balaban J connectivity index is 1.28. The number of carbonyl (C=O) groups is 1. The van der Waals surface area contributed by atoms with E-state index in [1.807, 2.05) is 13.0 Å². The van der Waals surface area contributed by atoms with E-state index in [0.717, 1.165) is 31.2 Å². The molecule has 1 aromatic carbocycles. The molecule has 0 unspecified atom stereocenters. The van der Waals surface area contributed by atoms with Crippen LogP contribution in [0.5, 0.6) is 0 Å². The van der Waals surface area contributed by atoms with Crippen molar-refractivity contribution in [2.24, 2.45) is 11.3 Å². The minimum absolute atomic E-state index is 0.0615. The molecule has 1 spiro atoms. The molecule has 184 valence electrons. The van der Waals surface area contributed by atoms with E-state index in [1.54, 1.807) is 13.0 Å². The zero-order valence-electron chi connectivity index (χ0n) is 20.5. The van der Waals surface area contributed by atoms with Crippen LogP contribution in [0, 0.1) is 11.3 Å². The van der Waals surface area contributed by atoms with Gasteiger partial charge in [0.1, 0.15) is 11.2 Å². The Kier molecular flexibility index (Phi) is 4.72. The van der Waals surface area contributed by atoms with Crippen molar-refractivity contribution in [2.45, 2.75) is 107 Å². The lowest BCUT2D eigenvalue weighted by atomic mass is 9.49. The van der Waals surface area contributed by atoms with Crippen LogP contribution >= 0.6 is 0 Å². The lowest BCUT2D eigenvalue weighted by Gasteiger charge is -2.51. The average molecular weight is 469 g/mol. The first-order valence-corrected chi connectivity index (χ1v) is 12.7. The number of benzene rings is 1. The summed E-state index contributed by atoms with van der Waals surface area (Å²) >= 11 is 0. The average Bonchev–Trinajstić information content (AvgIpc) is 3.50. The molecule has 3 N–H and O–H groups in total. The lowest BCUT2D eigenvalue weighted by Crippen LogP contribution is -2.64. The monoisotopic (exact) mass is 468 g/mol. The number of hydrogen-bond donors (Lipinski definition) is 3. The molecule has 6 nitrogen and oxygen atoms in total. The summed E-state index contributed by atoms with van der Waals surface area (Å²) in [5.41, 5.74) is -0.174. The summed E-state index contributed by atoms with van der Waals surface area (Å²) < 4.78 is 12.1. The van der Waals surface area contributed by atoms with Crippen LogP contribution in [0.25, 0.3) is 0 Å². The lowest BCUT2D eigenvalue weighted by molar-refractivity contribution is -0.321. The number of rotatable bonds is 2. The maximum absolute atomic E-state index is 13.2. The number of aliphatic hydroxyl groups is 3. The molecule has 5 aliphatic rings. The molecule has 3 aliphatic carbocycles. The van der Waals surface area contributed by atoms with Crippen LogP contribution in [-0.4, -0.2) is 56.4 Å². The molecule has 10 atom stereocenters. The molecular formula is C28H36O6. The third-order valence-electron chi connectivity index (χ3n) is 10.4. The van der Waals surface area contributed by atoms with Crippen LogP contribution in [0.4, 0.5) is 0 Å². The van der Waals surface area contributed by atoms with Gasteiger partial charge < -0.3 is 24.8 Å². The van der Waals surface area contributed by atoms with Gasteiger partial charge in [-0.3, -0.25) is 4.79 Å². The Morgan fingerprint density at radius 1 is 1.18 bits per heavy atom. The van der Waals surface area contributed by atoms with Crippen molar-refractivity contribution in [1.82, 2.24) is 0 Å². The number of ether oxygens (including phenoxy) is 2. The number of fused-ring (bicyclic) bond motifs is 4. The topological polar surface area (TPSA) is 99.5 Å². The standard InChI is InChI=1S/C28H36O6/c1-15(21-14-25(2,31)27(4,32)24(30)33-21)16-7-9-18-17(12-16)8-10-20-19(18)13-23-28(34-23)11-5-6-22(29)26(20,28)3/h5-7,9,12,15,19-21,23-24,30-32H,8,10-11,13-14H2,1-4H3/t15-,19-,20-,21-,23-,24+,25+,26-,27+,28-/m0/s1. The second-order valence-corrected chi connectivity index (χ2v) is 12.1. The first-order valence-electron chi connectivity index (χ1n) is 12.7. The number of hydrogen-bond acceptors (Lipinski definition) is 6. The van der Waals surface area contributed by atoms with E-state index in [9.17, 15) is 20.1 Å². The third kappa shape index (κ3) is 2.78. The zero-order chi connectivity index (χ0) is 24.3. The van der Waals surface area contributed by atoms with Crippen molar-refractivity contribution in [3.8, 4) is 0 Å². The molecule has 0 bridgehead atoms.